The molecule has 1 aliphatic rings. The molecule has 3 aromatic rings. The molecule has 1 fully saturated rings. The number of thiazole rings is 1. The maximum Gasteiger partial charge on any atom is 0.257 e. The second-order valence-electron chi connectivity index (χ2n) is 6.36. The lowest BCUT2D eigenvalue weighted by Crippen LogP contribution is -2.26. The summed E-state index contributed by atoms with van der Waals surface area (Å²) in [5.74, 6) is 1.62. The molecule has 2 aromatic heterocycles. The van der Waals surface area contributed by atoms with Crippen molar-refractivity contribution in [1.29, 1.82) is 0 Å². The van der Waals surface area contributed by atoms with Crippen molar-refractivity contribution in [1.82, 2.24) is 15.3 Å². The normalized spacial score (nSPS) is 14.1. The Morgan fingerprint density at radius 3 is 2.71 bits per heavy atom. The molecular weight excluding hydrogens is 396 g/mol. The third-order valence-corrected chi connectivity index (χ3v) is 5.54. The average Bonchev–Trinajstić information content (AvgIpc) is 3.18. The van der Waals surface area contributed by atoms with E-state index < -0.39 is 0 Å². The van der Waals surface area contributed by atoms with E-state index in [9.17, 15) is 4.79 Å². The number of carbonyl (C=O) groups excluding carboxylic acids is 1. The molecule has 0 bridgehead atoms. The number of pyridine rings is 1. The van der Waals surface area contributed by atoms with Crippen LogP contribution in [0.2, 0.25) is 0 Å². The minimum absolute atomic E-state index is 0. The highest BCUT2D eigenvalue weighted by atomic mass is 35.5. The predicted octanol–water partition coefficient (Wildman–Crippen LogP) is 4.47. The molecule has 0 unspecified atom stereocenters. The molecule has 1 saturated heterocycles. The summed E-state index contributed by atoms with van der Waals surface area (Å²) in [6.07, 6.45) is 7.44. The van der Waals surface area contributed by atoms with Crippen LogP contribution in [0.5, 0.6) is 11.5 Å². The molecular formula is C20H21ClN4O2S. The monoisotopic (exact) mass is 416 g/mol. The van der Waals surface area contributed by atoms with Crippen LogP contribution in [0.25, 0.3) is 0 Å². The Hall–Kier alpha value is -2.48. The summed E-state index contributed by atoms with van der Waals surface area (Å²) in [5, 5.41) is 6.90. The zero-order chi connectivity index (χ0) is 18.5. The fourth-order valence-corrected chi connectivity index (χ4v) is 4.03. The van der Waals surface area contributed by atoms with E-state index in [4.69, 9.17) is 4.74 Å². The smallest absolute Gasteiger partial charge is 0.257 e. The molecule has 0 spiro atoms. The van der Waals surface area contributed by atoms with Gasteiger partial charge in [0.1, 0.15) is 11.5 Å². The molecule has 28 heavy (non-hydrogen) atoms. The van der Waals surface area contributed by atoms with E-state index in [2.05, 4.69) is 20.6 Å². The van der Waals surface area contributed by atoms with Crippen LogP contribution in [-0.2, 0) is 0 Å². The van der Waals surface area contributed by atoms with E-state index in [1.807, 2.05) is 12.3 Å². The third kappa shape index (κ3) is 5.07. The molecule has 1 amide bonds. The minimum atomic E-state index is -0.193. The Balaban J connectivity index is 0.00000225. The van der Waals surface area contributed by atoms with E-state index in [1.54, 1.807) is 54.1 Å². The van der Waals surface area contributed by atoms with Crippen LogP contribution in [0.3, 0.4) is 0 Å². The first kappa shape index (κ1) is 20.3. The summed E-state index contributed by atoms with van der Waals surface area (Å²) in [5.41, 5.74) is 0.528. The van der Waals surface area contributed by atoms with E-state index in [0.29, 0.717) is 28.1 Å². The van der Waals surface area contributed by atoms with Crippen LogP contribution in [0, 0.1) is 0 Å². The Morgan fingerprint density at radius 1 is 1.14 bits per heavy atom. The molecule has 0 radical (unpaired) electrons. The molecule has 1 aliphatic heterocycles. The molecule has 8 heteroatoms. The number of rotatable bonds is 5. The zero-order valence-electron chi connectivity index (χ0n) is 15.1. The SMILES string of the molecule is Cl.O=C(Nc1ncc(C2CCNCC2)s1)c1cccc(Oc2ccncc2)c1. The molecule has 1 aromatic carbocycles. The number of hydrogen-bond acceptors (Lipinski definition) is 6. The van der Waals surface area contributed by atoms with Crippen molar-refractivity contribution >= 4 is 34.8 Å². The Bertz CT molecular complexity index is 913. The summed E-state index contributed by atoms with van der Waals surface area (Å²) in [4.78, 5) is 22.2. The van der Waals surface area contributed by atoms with Crippen molar-refractivity contribution in [3.05, 3.63) is 65.4 Å². The van der Waals surface area contributed by atoms with Crippen LogP contribution in [0.15, 0.2) is 55.0 Å². The summed E-state index contributed by atoms with van der Waals surface area (Å²) >= 11 is 1.56. The van der Waals surface area contributed by atoms with Gasteiger partial charge in [0.15, 0.2) is 5.13 Å². The standard InChI is InChI=1S/C20H20N4O2S.ClH/c25-19(24-20-23-13-18(27-20)14-4-8-21-9-5-14)15-2-1-3-17(12-15)26-16-6-10-22-11-7-16;/h1-3,6-7,10-14,21H,4-5,8-9H2,(H,23,24,25);1H. The second kappa shape index (κ2) is 9.64. The van der Waals surface area contributed by atoms with Gasteiger partial charge in [-0.05, 0) is 62.2 Å². The lowest BCUT2D eigenvalue weighted by molar-refractivity contribution is 0.102. The molecule has 146 valence electrons. The number of amides is 1. The van der Waals surface area contributed by atoms with E-state index >= 15 is 0 Å². The van der Waals surface area contributed by atoms with Gasteiger partial charge in [0, 0.05) is 29.0 Å². The summed E-state index contributed by atoms with van der Waals surface area (Å²) in [7, 11) is 0. The lowest BCUT2D eigenvalue weighted by Gasteiger charge is -2.20. The van der Waals surface area contributed by atoms with E-state index in [1.165, 1.54) is 4.88 Å². The van der Waals surface area contributed by atoms with Gasteiger partial charge in [-0.3, -0.25) is 15.1 Å². The van der Waals surface area contributed by atoms with Crippen molar-refractivity contribution < 1.29 is 9.53 Å². The van der Waals surface area contributed by atoms with Gasteiger partial charge < -0.3 is 10.1 Å². The number of nitrogens with zero attached hydrogens (tertiary/aromatic N) is 2. The number of piperidine rings is 1. The molecule has 0 atom stereocenters. The van der Waals surface area contributed by atoms with Gasteiger partial charge in [0.2, 0.25) is 0 Å². The van der Waals surface area contributed by atoms with E-state index in [0.717, 1.165) is 25.9 Å². The largest absolute Gasteiger partial charge is 0.457 e. The van der Waals surface area contributed by atoms with Crippen LogP contribution in [-0.4, -0.2) is 29.0 Å². The second-order valence-corrected chi connectivity index (χ2v) is 7.42. The fraction of sp³-hybridized carbons (Fsp3) is 0.250. The van der Waals surface area contributed by atoms with Crippen molar-refractivity contribution in [3.8, 4) is 11.5 Å². The molecule has 3 heterocycles. The van der Waals surface area contributed by atoms with Gasteiger partial charge in [-0.15, -0.1) is 23.7 Å². The van der Waals surface area contributed by atoms with Gasteiger partial charge in [-0.2, -0.15) is 0 Å². The number of halogens is 1. The lowest BCUT2D eigenvalue weighted by atomic mass is 9.97. The average molecular weight is 417 g/mol. The highest BCUT2D eigenvalue weighted by Gasteiger charge is 2.18. The van der Waals surface area contributed by atoms with Crippen LogP contribution < -0.4 is 15.4 Å². The van der Waals surface area contributed by atoms with Gasteiger partial charge in [-0.1, -0.05) is 6.07 Å². The Labute approximate surface area is 173 Å². The molecule has 4 rings (SSSR count). The molecule has 6 nitrogen and oxygen atoms in total. The summed E-state index contributed by atoms with van der Waals surface area (Å²) in [6.45, 7) is 2.07. The van der Waals surface area contributed by atoms with E-state index in [-0.39, 0.29) is 18.3 Å². The first-order valence-corrected chi connectivity index (χ1v) is 9.75. The van der Waals surface area contributed by atoms with Crippen LogP contribution >= 0.6 is 23.7 Å². The quantitative estimate of drug-likeness (QED) is 0.641. The zero-order valence-corrected chi connectivity index (χ0v) is 16.8. The number of aromatic nitrogens is 2. The predicted molar refractivity (Wildman–Crippen MR) is 113 cm³/mol. The number of benzene rings is 1. The first-order chi connectivity index (χ1) is 13.3. The van der Waals surface area contributed by atoms with Crippen LogP contribution in [0.1, 0.15) is 34.0 Å². The molecule has 0 aliphatic carbocycles. The number of anilines is 1. The summed E-state index contributed by atoms with van der Waals surface area (Å²) < 4.78 is 5.76. The maximum absolute atomic E-state index is 12.6. The highest BCUT2D eigenvalue weighted by Crippen LogP contribution is 2.32. The minimum Gasteiger partial charge on any atom is -0.457 e. The Morgan fingerprint density at radius 2 is 1.93 bits per heavy atom. The van der Waals surface area contributed by atoms with Crippen molar-refractivity contribution in [2.75, 3.05) is 18.4 Å². The fourth-order valence-electron chi connectivity index (χ4n) is 3.05. The van der Waals surface area contributed by atoms with Crippen molar-refractivity contribution in [2.24, 2.45) is 0 Å². The number of ether oxygens (including phenoxy) is 1. The van der Waals surface area contributed by atoms with Crippen molar-refractivity contribution in [2.45, 2.75) is 18.8 Å². The topological polar surface area (TPSA) is 76.1 Å². The summed E-state index contributed by atoms with van der Waals surface area (Å²) in [6, 6.07) is 10.6. The number of carbonyl (C=O) groups is 1. The first-order valence-electron chi connectivity index (χ1n) is 8.94. The van der Waals surface area contributed by atoms with Crippen molar-refractivity contribution in [3.63, 3.8) is 0 Å². The number of nitrogens with one attached hydrogen (secondary N) is 2. The highest BCUT2D eigenvalue weighted by molar-refractivity contribution is 7.15. The molecule has 0 saturated carbocycles. The molecule has 2 N–H and O–H groups in total. The van der Waals surface area contributed by atoms with Gasteiger partial charge in [0.25, 0.3) is 5.91 Å². The van der Waals surface area contributed by atoms with Crippen LogP contribution in [0.4, 0.5) is 5.13 Å². The van der Waals surface area contributed by atoms with Gasteiger partial charge in [0.05, 0.1) is 0 Å². The van der Waals surface area contributed by atoms with Gasteiger partial charge >= 0.3 is 0 Å². The number of hydrogen-bond donors (Lipinski definition) is 2. The maximum atomic E-state index is 12.6. The third-order valence-electron chi connectivity index (χ3n) is 4.47. The van der Waals surface area contributed by atoms with Gasteiger partial charge in [-0.25, -0.2) is 4.98 Å². The Kier molecular flexibility index (Phi) is 6.97.